The molecule has 2 aromatic rings. The van der Waals surface area contributed by atoms with E-state index < -0.39 is 0 Å². The average Bonchev–Trinajstić information content (AvgIpc) is 2.92. The van der Waals surface area contributed by atoms with E-state index in [1.54, 1.807) is 21.1 Å². The number of likely N-dealkylation sites (tertiary alicyclic amines) is 2. The Morgan fingerprint density at radius 3 is 2.00 bits per heavy atom. The second-order valence-electron chi connectivity index (χ2n) is 10.5. The fourth-order valence-electron chi connectivity index (χ4n) is 6.07. The predicted octanol–water partition coefficient (Wildman–Crippen LogP) is 3.58. The van der Waals surface area contributed by atoms with Crippen molar-refractivity contribution in [2.24, 2.45) is 0 Å². The van der Waals surface area contributed by atoms with Gasteiger partial charge < -0.3 is 29.1 Å². The maximum atomic E-state index is 11.9. The van der Waals surface area contributed by atoms with E-state index in [-0.39, 0.29) is 23.9 Å². The molecule has 1 amide bonds. The predicted molar refractivity (Wildman–Crippen MR) is 146 cm³/mol. The standard InChI is InChI=1S/C29H39N5O3/c1-20(35)32-11-9-24(10-12-32)34-28(21-5-7-23(8-6-21)33-15-13-31(2)14-16-33)27(29(34)30)22-17-25(36-3)19-26(18-22)37-4/h5-8,17-19,24,27-28,30H,9-16H2,1-4H3. The summed E-state index contributed by atoms with van der Waals surface area (Å²) >= 11 is 0. The molecule has 3 heterocycles. The van der Waals surface area contributed by atoms with Gasteiger partial charge in [-0.3, -0.25) is 10.2 Å². The molecule has 2 atom stereocenters. The molecule has 0 aliphatic carbocycles. The number of rotatable bonds is 6. The van der Waals surface area contributed by atoms with Crippen LogP contribution >= 0.6 is 0 Å². The third-order valence-electron chi connectivity index (χ3n) is 8.33. The van der Waals surface area contributed by atoms with Crippen LogP contribution in [0.15, 0.2) is 42.5 Å². The van der Waals surface area contributed by atoms with E-state index in [1.807, 2.05) is 23.1 Å². The van der Waals surface area contributed by atoms with E-state index in [0.717, 1.165) is 69.2 Å². The van der Waals surface area contributed by atoms with E-state index in [0.29, 0.717) is 5.84 Å². The van der Waals surface area contributed by atoms with Crippen molar-refractivity contribution >= 4 is 17.4 Å². The first kappa shape index (κ1) is 25.4. The lowest BCUT2D eigenvalue weighted by atomic mass is 9.75. The number of hydrogen-bond acceptors (Lipinski definition) is 6. The Hall–Kier alpha value is -3.26. The Labute approximate surface area is 220 Å². The number of piperidine rings is 1. The van der Waals surface area contributed by atoms with E-state index >= 15 is 0 Å². The van der Waals surface area contributed by atoms with Gasteiger partial charge in [-0.1, -0.05) is 12.1 Å². The van der Waals surface area contributed by atoms with Crippen molar-refractivity contribution in [2.45, 2.75) is 37.8 Å². The van der Waals surface area contributed by atoms with Gasteiger partial charge in [0.2, 0.25) is 5.91 Å². The molecule has 8 nitrogen and oxygen atoms in total. The van der Waals surface area contributed by atoms with Gasteiger partial charge in [0.25, 0.3) is 0 Å². The highest BCUT2D eigenvalue weighted by Gasteiger charge is 2.49. The van der Waals surface area contributed by atoms with Crippen molar-refractivity contribution in [1.82, 2.24) is 14.7 Å². The topological polar surface area (TPSA) is 72.3 Å². The van der Waals surface area contributed by atoms with Crippen molar-refractivity contribution in [1.29, 1.82) is 5.41 Å². The summed E-state index contributed by atoms with van der Waals surface area (Å²) in [7, 11) is 5.50. The first-order valence-corrected chi connectivity index (χ1v) is 13.3. The number of methoxy groups -OCH3 is 2. The Morgan fingerprint density at radius 2 is 1.46 bits per heavy atom. The second-order valence-corrected chi connectivity index (χ2v) is 10.5. The van der Waals surface area contributed by atoms with Crippen molar-refractivity contribution in [2.75, 3.05) is 65.4 Å². The van der Waals surface area contributed by atoms with Crippen LogP contribution in [0.25, 0.3) is 0 Å². The van der Waals surface area contributed by atoms with Crippen LogP contribution in [-0.2, 0) is 4.79 Å². The smallest absolute Gasteiger partial charge is 0.219 e. The summed E-state index contributed by atoms with van der Waals surface area (Å²) < 4.78 is 11.1. The van der Waals surface area contributed by atoms with Gasteiger partial charge >= 0.3 is 0 Å². The Bertz CT molecular complexity index is 1100. The molecule has 3 fully saturated rings. The SMILES string of the molecule is COc1cc(OC)cc(C2C(=N)N(C3CCN(C(C)=O)CC3)C2c2ccc(N3CCN(C)CC3)cc2)c1. The molecule has 198 valence electrons. The lowest BCUT2D eigenvalue weighted by Gasteiger charge is -2.55. The van der Waals surface area contributed by atoms with Crippen molar-refractivity contribution in [3.05, 3.63) is 53.6 Å². The highest BCUT2D eigenvalue weighted by molar-refractivity contribution is 5.94. The number of likely N-dealkylation sites (N-methyl/N-ethyl adjacent to an activating group) is 1. The quantitative estimate of drug-likeness (QED) is 0.647. The molecule has 3 aliphatic rings. The molecule has 5 rings (SSSR count). The Morgan fingerprint density at radius 1 is 0.865 bits per heavy atom. The van der Waals surface area contributed by atoms with Gasteiger partial charge in [0, 0.05) is 64.0 Å². The molecule has 0 spiro atoms. The number of amidine groups is 1. The summed E-state index contributed by atoms with van der Waals surface area (Å²) in [6.45, 7) is 7.37. The molecule has 3 aliphatic heterocycles. The molecule has 8 heteroatoms. The monoisotopic (exact) mass is 505 g/mol. The first-order valence-electron chi connectivity index (χ1n) is 13.3. The minimum Gasteiger partial charge on any atom is -0.497 e. The number of benzene rings is 2. The molecule has 1 N–H and O–H groups in total. The van der Waals surface area contributed by atoms with Gasteiger partial charge in [0.1, 0.15) is 17.3 Å². The number of carbonyl (C=O) groups excluding carboxylic acids is 1. The molecule has 0 radical (unpaired) electrons. The van der Waals surface area contributed by atoms with Crippen LogP contribution in [0.1, 0.15) is 42.9 Å². The van der Waals surface area contributed by atoms with E-state index in [1.165, 1.54) is 11.3 Å². The fraction of sp³-hybridized carbons (Fsp3) is 0.517. The van der Waals surface area contributed by atoms with Crippen LogP contribution in [0.4, 0.5) is 5.69 Å². The second kappa shape index (κ2) is 10.6. The zero-order valence-electron chi connectivity index (χ0n) is 22.4. The lowest BCUT2D eigenvalue weighted by Crippen LogP contribution is -2.59. The molecular formula is C29H39N5O3. The van der Waals surface area contributed by atoms with E-state index in [9.17, 15) is 4.79 Å². The van der Waals surface area contributed by atoms with Crippen LogP contribution < -0.4 is 14.4 Å². The number of hydrogen-bond donors (Lipinski definition) is 1. The third kappa shape index (κ3) is 4.99. The first-order chi connectivity index (χ1) is 17.9. The van der Waals surface area contributed by atoms with Gasteiger partial charge in [-0.25, -0.2) is 0 Å². The maximum absolute atomic E-state index is 11.9. The Kier molecular flexibility index (Phi) is 7.29. The highest BCUT2D eigenvalue weighted by atomic mass is 16.5. The molecule has 0 saturated carbocycles. The van der Waals surface area contributed by atoms with Gasteiger partial charge in [0.15, 0.2) is 0 Å². The molecule has 2 unspecified atom stereocenters. The van der Waals surface area contributed by atoms with Crippen LogP contribution in [0.3, 0.4) is 0 Å². The van der Waals surface area contributed by atoms with Gasteiger partial charge in [-0.05, 0) is 55.3 Å². The third-order valence-corrected chi connectivity index (χ3v) is 8.33. The summed E-state index contributed by atoms with van der Waals surface area (Å²) in [5.41, 5.74) is 3.51. The fourth-order valence-corrected chi connectivity index (χ4v) is 6.07. The summed E-state index contributed by atoms with van der Waals surface area (Å²) in [5.74, 6) is 2.16. The van der Waals surface area contributed by atoms with Crippen LogP contribution in [-0.4, -0.2) is 93.0 Å². The lowest BCUT2D eigenvalue weighted by molar-refractivity contribution is -0.130. The minimum atomic E-state index is -0.0793. The van der Waals surface area contributed by atoms with E-state index in [2.05, 4.69) is 46.0 Å². The summed E-state index contributed by atoms with van der Waals surface area (Å²) in [6, 6.07) is 15.2. The average molecular weight is 506 g/mol. The number of ether oxygens (including phenoxy) is 2. The molecule has 0 bridgehead atoms. The largest absolute Gasteiger partial charge is 0.497 e. The summed E-state index contributed by atoms with van der Waals surface area (Å²) in [5, 5.41) is 9.16. The zero-order valence-corrected chi connectivity index (χ0v) is 22.4. The zero-order chi connectivity index (χ0) is 26.1. The molecule has 0 aromatic heterocycles. The molecule has 2 aromatic carbocycles. The number of piperazine rings is 1. The van der Waals surface area contributed by atoms with Crippen LogP contribution in [0.5, 0.6) is 11.5 Å². The maximum Gasteiger partial charge on any atom is 0.219 e. The minimum absolute atomic E-state index is 0.0553. The highest BCUT2D eigenvalue weighted by Crippen LogP contribution is 2.50. The van der Waals surface area contributed by atoms with Gasteiger partial charge in [-0.2, -0.15) is 0 Å². The van der Waals surface area contributed by atoms with Crippen molar-refractivity contribution < 1.29 is 14.3 Å². The van der Waals surface area contributed by atoms with Crippen molar-refractivity contribution in [3.63, 3.8) is 0 Å². The number of amides is 1. The number of carbonyl (C=O) groups is 1. The number of nitrogens with one attached hydrogen (secondary N) is 1. The number of nitrogens with zero attached hydrogens (tertiary/aromatic N) is 4. The Balaban J connectivity index is 1.44. The molecule has 37 heavy (non-hydrogen) atoms. The molecular weight excluding hydrogens is 466 g/mol. The summed E-state index contributed by atoms with van der Waals surface area (Å²) in [4.78, 5) is 20.9. The summed E-state index contributed by atoms with van der Waals surface area (Å²) in [6.07, 6.45) is 1.76. The van der Waals surface area contributed by atoms with Crippen molar-refractivity contribution in [3.8, 4) is 11.5 Å². The van der Waals surface area contributed by atoms with Crippen LogP contribution in [0.2, 0.25) is 0 Å². The van der Waals surface area contributed by atoms with Gasteiger partial charge in [0.05, 0.1) is 26.2 Å². The van der Waals surface area contributed by atoms with Gasteiger partial charge in [-0.15, -0.1) is 0 Å². The molecule has 3 saturated heterocycles. The van der Waals surface area contributed by atoms with Crippen LogP contribution in [0, 0.1) is 5.41 Å². The number of anilines is 1. The van der Waals surface area contributed by atoms with E-state index in [4.69, 9.17) is 14.9 Å². The normalized spacial score (nSPS) is 23.1.